The van der Waals surface area contributed by atoms with Gasteiger partial charge in [0.25, 0.3) is 0 Å². The smallest absolute Gasteiger partial charge is 0.231 e. The fourth-order valence-corrected chi connectivity index (χ4v) is 3.24. The van der Waals surface area contributed by atoms with E-state index >= 15 is 0 Å². The maximum atomic E-state index is 10.4. The molecule has 0 saturated carbocycles. The number of aliphatic hydroxyl groups excluding tert-OH is 1. The van der Waals surface area contributed by atoms with Crippen LogP contribution in [0, 0.1) is 6.92 Å². The first-order valence-electron chi connectivity index (χ1n) is 5.47. The number of hydrogen-bond donors (Lipinski definition) is 1. The molecule has 18 heavy (non-hydrogen) atoms. The van der Waals surface area contributed by atoms with Crippen LogP contribution in [-0.2, 0) is 0 Å². The minimum atomic E-state index is -0.638. The molecule has 3 rings (SSSR count). The molecular weight excluding hydrogens is 316 g/mol. The topological polar surface area (TPSA) is 38.7 Å². The molecule has 0 fully saturated rings. The Kier molecular flexibility index (Phi) is 3.05. The molecule has 5 heteroatoms. The van der Waals surface area contributed by atoms with Gasteiger partial charge in [0.1, 0.15) is 6.10 Å². The van der Waals surface area contributed by atoms with Crippen LogP contribution in [0.25, 0.3) is 0 Å². The summed E-state index contributed by atoms with van der Waals surface area (Å²) >= 11 is 5.06. The van der Waals surface area contributed by atoms with Crippen molar-refractivity contribution in [1.29, 1.82) is 0 Å². The van der Waals surface area contributed by atoms with E-state index in [9.17, 15) is 5.11 Å². The summed E-state index contributed by atoms with van der Waals surface area (Å²) in [6.07, 6.45) is -0.638. The van der Waals surface area contributed by atoms with Crippen molar-refractivity contribution in [2.45, 2.75) is 13.0 Å². The molecule has 2 aromatic rings. The lowest BCUT2D eigenvalue weighted by Crippen LogP contribution is -1.98. The van der Waals surface area contributed by atoms with E-state index in [1.807, 2.05) is 30.5 Å². The standard InChI is InChI=1S/C13H11BrO3S/c1-7-2-9(5-18-7)12(15)8-3-10(14)13-11(4-8)16-6-17-13/h2-5,12,15H,6H2,1H3. The van der Waals surface area contributed by atoms with Crippen LogP contribution < -0.4 is 9.47 Å². The van der Waals surface area contributed by atoms with Crippen LogP contribution in [0.15, 0.2) is 28.1 Å². The number of aliphatic hydroxyl groups is 1. The second-order valence-corrected chi connectivity index (χ2v) is 6.10. The van der Waals surface area contributed by atoms with Gasteiger partial charge < -0.3 is 14.6 Å². The Balaban J connectivity index is 2.00. The molecule has 1 atom stereocenters. The molecule has 1 aromatic heterocycles. The number of aryl methyl sites for hydroxylation is 1. The highest BCUT2D eigenvalue weighted by atomic mass is 79.9. The number of fused-ring (bicyclic) bond motifs is 1. The van der Waals surface area contributed by atoms with E-state index in [0.717, 1.165) is 15.6 Å². The molecular formula is C13H11BrO3S. The first-order valence-corrected chi connectivity index (χ1v) is 7.14. The highest BCUT2D eigenvalue weighted by Crippen LogP contribution is 2.42. The molecule has 3 nitrogen and oxygen atoms in total. The molecule has 0 amide bonds. The van der Waals surface area contributed by atoms with Crippen LogP contribution in [0.1, 0.15) is 22.1 Å². The number of rotatable bonds is 2. The van der Waals surface area contributed by atoms with Gasteiger partial charge in [-0.05, 0) is 57.6 Å². The van der Waals surface area contributed by atoms with Crippen molar-refractivity contribution in [3.63, 3.8) is 0 Å². The van der Waals surface area contributed by atoms with Gasteiger partial charge in [-0.15, -0.1) is 11.3 Å². The minimum Gasteiger partial charge on any atom is -0.454 e. The maximum absolute atomic E-state index is 10.4. The lowest BCUT2D eigenvalue weighted by molar-refractivity contribution is 0.173. The Morgan fingerprint density at radius 1 is 1.28 bits per heavy atom. The van der Waals surface area contributed by atoms with Crippen molar-refractivity contribution in [3.05, 3.63) is 44.1 Å². The molecule has 0 radical (unpaired) electrons. The minimum absolute atomic E-state index is 0.227. The summed E-state index contributed by atoms with van der Waals surface area (Å²) in [6.45, 7) is 2.25. The van der Waals surface area contributed by atoms with Gasteiger partial charge in [0.15, 0.2) is 11.5 Å². The first kappa shape index (κ1) is 12.0. The van der Waals surface area contributed by atoms with Crippen molar-refractivity contribution in [2.24, 2.45) is 0 Å². The van der Waals surface area contributed by atoms with Gasteiger partial charge >= 0.3 is 0 Å². The number of ether oxygens (including phenoxy) is 2. The fourth-order valence-electron chi connectivity index (χ4n) is 1.94. The Morgan fingerprint density at radius 3 is 2.83 bits per heavy atom. The van der Waals surface area contributed by atoms with Crippen LogP contribution in [-0.4, -0.2) is 11.9 Å². The summed E-state index contributed by atoms with van der Waals surface area (Å²) in [7, 11) is 0. The summed E-state index contributed by atoms with van der Waals surface area (Å²) in [5.41, 5.74) is 1.70. The number of benzene rings is 1. The zero-order valence-electron chi connectivity index (χ0n) is 9.64. The second-order valence-electron chi connectivity index (χ2n) is 4.13. The van der Waals surface area contributed by atoms with E-state index < -0.39 is 6.10 Å². The molecule has 94 valence electrons. The predicted octanol–water partition coefficient (Wildman–Crippen LogP) is 3.63. The van der Waals surface area contributed by atoms with Crippen LogP contribution in [0.4, 0.5) is 0 Å². The van der Waals surface area contributed by atoms with Gasteiger partial charge in [0.2, 0.25) is 6.79 Å². The second kappa shape index (κ2) is 4.57. The van der Waals surface area contributed by atoms with Gasteiger partial charge in [-0.3, -0.25) is 0 Å². The molecule has 0 aliphatic carbocycles. The predicted molar refractivity (Wildman–Crippen MR) is 73.4 cm³/mol. The summed E-state index contributed by atoms with van der Waals surface area (Å²) in [5.74, 6) is 1.37. The third-order valence-corrected chi connectivity index (χ3v) is 4.30. The van der Waals surface area contributed by atoms with Crippen LogP contribution >= 0.6 is 27.3 Å². The molecule has 1 aliphatic rings. The number of thiophene rings is 1. The highest BCUT2D eigenvalue weighted by Gasteiger charge is 2.21. The molecule has 1 aliphatic heterocycles. The van der Waals surface area contributed by atoms with Gasteiger partial charge in [-0.2, -0.15) is 0 Å². The highest BCUT2D eigenvalue weighted by molar-refractivity contribution is 9.10. The van der Waals surface area contributed by atoms with Crippen molar-refractivity contribution >= 4 is 27.3 Å². The third-order valence-electron chi connectivity index (χ3n) is 2.83. The number of hydrogen-bond acceptors (Lipinski definition) is 4. The van der Waals surface area contributed by atoms with Crippen LogP contribution in [0.2, 0.25) is 0 Å². The lowest BCUT2D eigenvalue weighted by atomic mass is 10.0. The Bertz CT molecular complexity index is 594. The van der Waals surface area contributed by atoms with Gasteiger partial charge in [0.05, 0.1) is 4.47 Å². The number of halogens is 1. The quantitative estimate of drug-likeness (QED) is 0.915. The van der Waals surface area contributed by atoms with Crippen LogP contribution in [0.5, 0.6) is 11.5 Å². The van der Waals surface area contributed by atoms with Crippen molar-refractivity contribution in [3.8, 4) is 11.5 Å². The Morgan fingerprint density at radius 2 is 2.11 bits per heavy atom. The maximum Gasteiger partial charge on any atom is 0.231 e. The van der Waals surface area contributed by atoms with E-state index in [1.165, 1.54) is 4.88 Å². The first-order chi connectivity index (χ1) is 8.65. The largest absolute Gasteiger partial charge is 0.454 e. The average Bonchev–Trinajstić information content (AvgIpc) is 2.96. The van der Waals surface area contributed by atoms with Gasteiger partial charge in [-0.1, -0.05) is 0 Å². The van der Waals surface area contributed by atoms with Gasteiger partial charge in [-0.25, -0.2) is 0 Å². The van der Waals surface area contributed by atoms with Crippen molar-refractivity contribution in [2.75, 3.05) is 6.79 Å². The molecule has 0 bridgehead atoms. The molecule has 1 aromatic carbocycles. The average molecular weight is 327 g/mol. The summed E-state index contributed by atoms with van der Waals surface area (Å²) in [4.78, 5) is 1.18. The van der Waals surface area contributed by atoms with E-state index in [1.54, 1.807) is 11.3 Å². The SMILES string of the molecule is Cc1cc(C(O)c2cc(Br)c3c(c2)OCO3)cs1. The van der Waals surface area contributed by atoms with E-state index in [0.29, 0.717) is 11.5 Å². The van der Waals surface area contributed by atoms with Crippen molar-refractivity contribution in [1.82, 2.24) is 0 Å². The Hall–Kier alpha value is -1.04. The molecule has 1 N–H and O–H groups in total. The molecule has 1 unspecified atom stereocenters. The fraction of sp³-hybridized carbons (Fsp3) is 0.231. The van der Waals surface area contributed by atoms with Crippen LogP contribution in [0.3, 0.4) is 0 Å². The van der Waals surface area contributed by atoms with Crippen molar-refractivity contribution < 1.29 is 14.6 Å². The van der Waals surface area contributed by atoms with Gasteiger partial charge in [0, 0.05) is 4.88 Å². The normalized spacial score (nSPS) is 14.8. The zero-order chi connectivity index (χ0) is 12.7. The summed E-state index contributed by atoms with van der Waals surface area (Å²) < 4.78 is 11.5. The molecule has 0 spiro atoms. The summed E-state index contributed by atoms with van der Waals surface area (Å²) in [5, 5.41) is 12.3. The zero-order valence-corrected chi connectivity index (χ0v) is 12.0. The monoisotopic (exact) mass is 326 g/mol. The van der Waals surface area contributed by atoms with E-state index in [-0.39, 0.29) is 6.79 Å². The molecule has 0 saturated heterocycles. The van der Waals surface area contributed by atoms with E-state index in [2.05, 4.69) is 15.9 Å². The summed E-state index contributed by atoms with van der Waals surface area (Å²) in [6, 6.07) is 5.68. The van der Waals surface area contributed by atoms with E-state index in [4.69, 9.17) is 9.47 Å². The molecule has 2 heterocycles. The lowest BCUT2D eigenvalue weighted by Gasteiger charge is -2.11. The Labute approximate surface area is 117 Å². The third kappa shape index (κ3) is 2.02.